The van der Waals surface area contributed by atoms with Crippen LogP contribution < -0.4 is 0 Å². The van der Waals surface area contributed by atoms with Gasteiger partial charge in [-0.2, -0.15) is 0 Å². The van der Waals surface area contributed by atoms with E-state index in [0.29, 0.717) is 5.15 Å². The Hall–Kier alpha value is 0.170. The standard InChI is InChI=1S/C9H11ClIN/c1-3-4-8-6(2)5-7(11)9(10)12-8/h5H,3-4H2,1-2H3. The third-order valence-corrected chi connectivity index (χ3v) is 3.14. The van der Waals surface area contributed by atoms with Gasteiger partial charge in [0, 0.05) is 5.69 Å². The molecule has 0 N–H and O–H groups in total. The molecule has 0 saturated carbocycles. The van der Waals surface area contributed by atoms with Crippen molar-refractivity contribution in [2.45, 2.75) is 26.7 Å². The van der Waals surface area contributed by atoms with Crippen LogP contribution in [-0.2, 0) is 6.42 Å². The van der Waals surface area contributed by atoms with E-state index in [2.05, 4.69) is 47.5 Å². The minimum Gasteiger partial charge on any atom is -0.240 e. The lowest BCUT2D eigenvalue weighted by molar-refractivity contribution is 0.870. The molecule has 0 amide bonds. The molecule has 1 aromatic heterocycles. The third-order valence-electron chi connectivity index (χ3n) is 1.72. The molecule has 0 saturated heterocycles. The van der Waals surface area contributed by atoms with Crippen LogP contribution in [0.4, 0.5) is 0 Å². The Morgan fingerprint density at radius 2 is 2.25 bits per heavy atom. The fourth-order valence-corrected chi connectivity index (χ4v) is 1.83. The van der Waals surface area contributed by atoms with E-state index in [4.69, 9.17) is 11.6 Å². The largest absolute Gasteiger partial charge is 0.240 e. The van der Waals surface area contributed by atoms with Crippen molar-refractivity contribution in [2.24, 2.45) is 0 Å². The molecule has 0 aliphatic heterocycles. The van der Waals surface area contributed by atoms with E-state index in [9.17, 15) is 0 Å². The molecule has 12 heavy (non-hydrogen) atoms. The van der Waals surface area contributed by atoms with Gasteiger partial charge in [0.1, 0.15) is 5.15 Å². The van der Waals surface area contributed by atoms with Crippen molar-refractivity contribution in [3.63, 3.8) is 0 Å². The minimum atomic E-state index is 0.629. The van der Waals surface area contributed by atoms with Gasteiger partial charge in [-0.3, -0.25) is 0 Å². The predicted octanol–water partition coefficient (Wildman–Crippen LogP) is 3.60. The maximum Gasteiger partial charge on any atom is 0.142 e. The molecule has 0 aromatic carbocycles. The first-order valence-electron chi connectivity index (χ1n) is 3.96. The summed E-state index contributed by atoms with van der Waals surface area (Å²) in [6, 6.07) is 2.08. The quantitative estimate of drug-likeness (QED) is 0.600. The van der Waals surface area contributed by atoms with Gasteiger partial charge < -0.3 is 0 Å². The summed E-state index contributed by atoms with van der Waals surface area (Å²) in [6.45, 7) is 4.23. The normalized spacial score (nSPS) is 10.3. The Bertz CT molecular complexity index is 286. The van der Waals surface area contributed by atoms with E-state index in [1.54, 1.807) is 0 Å². The number of rotatable bonds is 2. The molecule has 0 aliphatic carbocycles. The summed E-state index contributed by atoms with van der Waals surface area (Å²) in [5.74, 6) is 0. The summed E-state index contributed by atoms with van der Waals surface area (Å²) < 4.78 is 1.03. The highest BCUT2D eigenvalue weighted by molar-refractivity contribution is 14.1. The van der Waals surface area contributed by atoms with Crippen LogP contribution in [0.3, 0.4) is 0 Å². The molecule has 1 aromatic rings. The average Bonchev–Trinajstić information content (AvgIpc) is 2.01. The summed E-state index contributed by atoms with van der Waals surface area (Å²) in [4.78, 5) is 4.32. The summed E-state index contributed by atoms with van der Waals surface area (Å²) >= 11 is 8.10. The van der Waals surface area contributed by atoms with Gasteiger partial charge in [-0.15, -0.1) is 0 Å². The van der Waals surface area contributed by atoms with Gasteiger partial charge in [-0.05, 0) is 47.6 Å². The number of aromatic nitrogens is 1. The Kier molecular flexibility index (Phi) is 3.77. The summed E-state index contributed by atoms with van der Waals surface area (Å²) in [7, 11) is 0. The van der Waals surface area contributed by atoms with Gasteiger partial charge in [0.05, 0.1) is 3.57 Å². The average molecular weight is 296 g/mol. The first-order valence-corrected chi connectivity index (χ1v) is 5.42. The van der Waals surface area contributed by atoms with Gasteiger partial charge in [-0.25, -0.2) is 4.98 Å². The van der Waals surface area contributed by atoms with Crippen LogP contribution in [0.15, 0.2) is 6.07 Å². The third kappa shape index (κ3) is 2.33. The molecule has 0 radical (unpaired) electrons. The van der Waals surface area contributed by atoms with Crippen LogP contribution in [0, 0.1) is 10.5 Å². The Labute approximate surface area is 91.7 Å². The molecule has 66 valence electrons. The van der Waals surface area contributed by atoms with Gasteiger partial charge in [-0.1, -0.05) is 24.9 Å². The lowest BCUT2D eigenvalue weighted by atomic mass is 10.1. The molecule has 0 unspecified atom stereocenters. The Morgan fingerprint density at radius 3 is 2.83 bits per heavy atom. The maximum absolute atomic E-state index is 5.90. The van der Waals surface area contributed by atoms with Crippen LogP contribution in [-0.4, -0.2) is 4.98 Å². The zero-order valence-corrected chi connectivity index (χ0v) is 10.1. The second kappa shape index (κ2) is 4.42. The molecule has 0 bridgehead atoms. The lowest BCUT2D eigenvalue weighted by Crippen LogP contribution is -1.95. The zero-order valence-electron chi connectivity index (χ0n) is 7.19. The number of hydrogen-bond donors (Lipinski definition) is 0. The van der Waals surface area contributed by atoms with Gasteiger partial charge in [0.15, 0.2) is 0 Å². The van der Waals surface area contributed by atoms with E-state index in [1.165, 1.54) is 5.56 Å². The summed E-state index contributed by atoms with van der Waals surface area (Å²) in [5, 5.41) is 0.629. The lowest BCUT2D eigenvalue weighted by Gasteiger charge is -2.04. The van der Waals surface area contributed by atoms with Gasteiger partial charge in [0.25, 0.3) is 0 Å². The number of hydrogen-bond acceptors (Lipinski definition) is 1. The van der Waals surface area contributed by atoms with Crippen molar-refractivity contribution in [2.75, 3.05) is 0 Å². The molecule has 1 nitrogen and oxygen atoms in total. The second-order valence-electron chi connectivity index (χ2n) is 2.77. The highest BCUT2D eigenvalue weighted by Gasteiger charge is 2.04. The van der Waals surface area contributed by atoms with E-state index >= 15 is 0 Å². The van der Waals surface area contributed by atoms with E-state index in [-0.39, 0.29) is 0 Å². The first-order chi connectivity index (χ1) is 5.65. The first kappa shape index (κ1) is 10.3. The van der Waals surface area contributed by atoms with Crippen molar-refractivity contribution in [3.05, 3.63) is 26.0 Å². The van der Waals surface area contributed by atoms with Crippen LogP contribution in [0.5, 0.6) is 0 Å². The van der Waals surface area contributed by atoms with Crippen molar-refractivity contribution < 1.29 is 0 Å². The molecule has 0 atom stereocenters. The monoisotopic (exact) mass is 295 g/mol. The molecular weight excluding hydrogens is 284 g/mol. The number of halogens is 2. The van der Waals surface area contributed by atoms with E-state index < -0.39 is 0 Å². The van der Waals surface area contributed by atoms with Crippen molar-refractivity contribution >= 4 is 34.2 Å². The summed E-state index contributed by atoms with van der Waals surface area (Å²) in [5.41, 5.74) is 2.37. The Morgan fingerprint density at radius 1 is 1.58 bits per heavy atom. The molecule has 0 aliphatic rings. The molecular formula is C9H11ClIN. The van der Waals surface area contributed by atoms with Crippen LogP contribution in [0.1, 0.15) is 24.6 Å². The summed E-state index contributed by atoms with van der Waals surface area (Å²) in [6.07, 6.45) is 2.13. The molecule has 0 spiro atoms. The number of aryl methyl sites for hydroxylation is 2. The van der Waals surface area contributed by atoms with E-state index in [1.807, 2.05) is 0 Å². The van der Waals surface area contributed by atoms with E-state index in [0.717, 1.165) is 22.1 Å². The number of pyridine rings is 1. The number of nitrogens with zero attached hydrogens (tertiary/aromatic N) is 1. The SMILES string of the molecule is CCCc1nc(Cl)c(I)cc1C. The predicted molar refractivity (Wildman–Crippen MR) is 60.7 cm³/mol. The van der Waals surface area contributed by atoms with Crippen LogP contribution in [0.2, 0.25) is 5.15 Å². The molecule has 1 rings (SSSR count). The van der Waals surface area contributed by atoms with Crippen molar-refractivity contribution in [3.8, 4) is 0 Å². The van der Waals surface area contributed by atoms with Gasteiger partial charge in [0.2, 0.25) is 0 Å². The molecule has 3 heteroatoms. The second-order valence-corrected chi connectivity index (χ2v) is 4.29. The molecule has 0 fully saturated rings. The molecule has 1 heterocycles. The topological polar surface area (TPSA) is 12.9 Å². The Balaban J connectivity index is 3.05. The zero-order chi connectivity index (χ0) is 9.14. The van der Waals surface area contributed by atoms with Crippen LogP contribution >= 0.6 is 34.2 Å². The minimum absolute atomic E-state index is 0.629. The highest BCUT2D eigenvalue weighted by atomic mass is 127. The highest BCUT2D eigenvalue weighted by Crippen LogP contribution is 2.19. The smallest absolute Gasteiger partial charge is 0.142 e. The van der Waals surface area contributed by atoms with Gasteiger partial charge >= 0.3 is 0 Å². The fourth-order valence-electron chi connectivity index (χ4n) is 1.08. The van der Waals surface area contributed by atoms with Crippen molar-refractivity contribution in [1.29, 1.82) is 0 Å². The van der Waals surface area contributed by atoms with Crippen molar-refractivity contribution in [1.82, 2.24) is 4.98 Å². The maximum atomic E-state index is 5.90. The van der Waals surface area contributed by atoms with Crippen LogP contribution in [0.25, 0.3) is 0 Å². The fraction of sp³-hybridized carbons (Fsp3) is 0.444.